The number of benzene rings is 2. The largest absolute Gasteiger partial charge is 0.497 e. The van der Waals surface area contributed by atoms with Gasteiger partial charge < -0.3 is 18.7 Å². The number of aromatic nitrogens is 5. The summed E-state index contributed by atoms with van der Waals surface area (Å²) in [6.45, 7) is 2.49. The van der Waals surface area contributed by atoms with Gasteiger partial charge in [-0.15, -0.1) is 5.10 Å². The fourth-order valence-electron chi connectivity index (χ4n) is 2.91. The van der Waals surface area contributed by atoms with Gasteiger partial charge in [-0.2, -0.15) is 4.98 Å². The van der Waals surface area contributed by atoms with Crippen molar-refractivity contribution in [2.45, 2.75) is 17.8 Å². The van der Waals surface area contributed by atoms with Crippen LogP contribution >= 0.6 is 11.8 Å². The van der Waals surface area contributed by atoms with E-state index in [2.05, 4.69) is 25.3 Å². The molecule has 4 rings (SSSR count). The molecule has 0 radical (unpaired) electrons. The van der Waals surface area contributed by atoms with Crippen molar-refractivity contribution < 1.29 is 18.7 Å². The number of aromatic amines is 1. The van der Waals surface area contributed by atoms with E-state index in [4.69, 9.17) is 18.7 Å². The number of hydrogen-bond acceptors (Lipinski definition) is 9. The Morgan fingerprint density at radius 3 is 2.68 bits per heavy atom. The van der Waals surface area contributed by atoms with E-state index in [1.54, 1.807) is 20.3 Å². The predicted molar refractivity (Wildman–Crippen MR) is 115 cm³/mol. The molecule has 10 heteroatoms. The molecular weight excluding hydrogens is 418 g/mol. The number of methoxy groups -OCH3 is 2. The first-order chi connectivity index (χ1) is 15.2. The van der Waals surface area contributed by atoms with Crippen LogP contribution in [0.3, 0.4) is 0 Å². The minimum atomic E-state index is 0.431. The second-order valence-corrected chi connectivity index (χ2v) is 7.20. The van der Waals surface area contributed by atoms with E-state index in [0.29, 0.717) is 46.6 Å². The molecular formula is C21H21N5O4S. The Bertz CT molecular complexity index is 1160. The van der Waals surface area contributed by atoms with Gasteiger partial charge in [-0.05, 0) is 31.2 Å². The van der Waals surface area contributed by atoms with Gasteiger partial charge in [0.2, 0.25) is 16.9 Å². The van der Waals surface area contributed by atoms with Gasteiger partial charge in [-0.25, -0.2) is 4.98 Å². The number of nitrogens with zero attached hydrogens (tertiary/aromatic N) is 4. The topological polar surface area (TPSA) is 108 Å². The summed E-state index contributed by atoms with van der Waals surface area (Å²) in [7, 11) is 3.21. The molecule has 2 aromatic carbocycles. The predicted octanol–water partition coefficient (Wildman–Crippen LogP) is 4.23. The number of nitrogens with one attached hydrogen (secondary N) is 1. The minimum Gasteiger partial charge on any atom is -0.497 e. The van der Waals surface area contributed by atoms with Crippen LogP contribution in [0.2, 0.25) is 0 Å². The molecule has 31 heavy (non-hydrogen) atoms. The Labute approximate surface area is 183 Å². The second-order valence-electron chi connectivity index (χ2n) is 6.26. The van der Waals surface area contributed by atoms with Gasteiger partial charge in [0, 0.05) is 6.07 Å². The zero-order chi connectivity index (χ0) is 21.6. The van der Waals surface area contributed by atoms with Crippen molar-refractivity contribution in [2.24, 2.45) is 0 Å². The first-order valence-corrected chi connectivity index (χ1v) is 10.5. The van der Waals surface area contributed by atoms with E-state index < -0.39 is 0 Å². The summed E-state index contributed by atoms with van der Waals surface area (Å²) < 4.78 is 21.7. The molecule has 0 saturated heterocycles. The Kier molecular flexibility index (Phi) is 6.37. The van der Waals surface area contributed by atoms with Gasteiger partial charge in [0.25, 0.3) is 0 Å². The van der Waals surface area contributed by atoms with E-state index in [-0.39, 0.29) is 0 Å². The lowest BCUT2D eigenvalue weighted by Gasteiger charge is -2.07. The quantitative estimate of drug-likeness (QED) is 0.383. The Hall–Kier alpha value is -3.53. The first-order valence-electron chi connectivity index (χ1n) is 9.54. The van der Waals surface area contributed by atoms with Crippen LogP contribution in [0.15, 0.2) is 52.1 Å². The summed E-state index contributed by atoms with van der Waals surface area (Å²) >= 11 is 1.39. The van der Waals surface area contributed by atoms with Crippen molar-refractivity contribution in [3.05, 3.63) is 48.4 Å². The van der Waals surface area contributed by atoms with Crippen molar-refractivity contribution in [3.63, 3.8) is 0 Å². The maximum atomic E-state index is 5.64. The number of hydrogen-bond donors (Lipinski definition) is 1. The molecule has 4 aromatic rings. The highest BCUT2D eigenvalue weighted by molar-refractivity contribution is 7.98. The molecule has 2 aromatic heterocycles. The molecule has 2 heterocycles. The summed E-state index contributed by atoms with van der Waals surface area (Å²) in [6, 6.07) is 13.1. The molecule has 0 aliphatic carbocycles. The van der Waals surface area contributed by atoms with Crippen LogP contribution in [0.5, 0.6) is 17.2 Å². The van der Waals surface area contributed by atoms with E-state index in [0.717, 1.165) is 16.9 Å². The van der Waals surface area contributed by atoms with Gasteiger partial charge in [-0.1, -0.05) is 29.1 Å². The zero-order valence-electron chi connectivity index (χ0n) is 17.3. The van der Waals surface area contributed by atoms with Gasteiger partial charge in [0.1, 0.15) is 17.2 Å². The maximum absolute atomic E-state index is 5.64. The van der Waals surface area contributed by atoms with Crippen molar-refractivity contribution in [1.82, 2.24) is 25.3 Å². The molecule has 0 bridgehead atoms. The molecule has 0 amide bonds. The van der Waals surface area contributed by atoms with E-state index in [1.165, 1.54) is 11.8 Å². The fraction of sp³-hybridized carbons (Fsp3) is 0.238. The maximum Gasteiger partial charge on any atom is 0.237 e. The van der Waals surface area contributed by atoms with Crippen molar-refractivity contribution in [1.29, 1.82) is 0 Å². The SMILES string of the molecule is CCOc1ccccc1-c1noc(CSc2n[nH]c(-c3ccc(OC)cc3OC)n2)n1. The van der Waals surface area contributed by atoms with E-state index in [1.807, 2.05) is 43.3 Å². The van der Waals surface area contributed by atoms with Crippen LogP contribution in [-0.2, 0) is 5.75 Å². The highest BCUT2D eigenvalue weighted by Gasteiger charge is 2.16. The lowest BCUT2D eigenvalue weighted by Crippen LogP contribution is -1.94. The van der Waals surface area contributed by atoms with Crippen molar-refractivity contribution >= 4 is 11.8 Å². The number of ether oxygens (including phenoxy) is 3. The van der Waals surface area contributed by atoms with Crippen molar-refractivity contribution in [3.8, 4) is 40.0 Å². The van der Waals surface area contributed by atoms with Crippen LogP contribution in [0.25, 0.3) is 22.8 Å². The van der Waals surface area contributed by atoms with Crippen LogP contribution in [0.4, 0.5) is 0 Å². The van der Waals surface area contributed by atoms with Crippen LogP contribution in [0.1, 0.15) is 12.8 Å². The number of rotatable bonds is 9. The van der Waals surface area contributed by atoms with Crippen LogP contribution in [-0.4, -0.2) is 46.1 Å². The smallest absolute Gasteiger partial charge is 0.237 e. The summed E-state index contributed by atoms with van der Waals surface area (Å²) in [6.07, 6.45) is 0. The summed E-state index contributed by atoms with van der Waals surface area (Å²) in [5.41, 5.74) is 1.58. The van der Waals surface area contributed by atoms with Crippen molar-refractivity contribution in [2.75, 3.05) is 20.8 Å². The third-order valence-electron chi connectivity index (χ3n) is 4.35. The molecule has 0 unspecified atom stereocenters. The molecule has 0 aliphatic heterocycles. The van der Waals surface area contributed by atoms with Crippen LogP contribution in [0, 0.1) is 0 Å². The summed E-state index contributed by atoms with van der Waals surface area (Å²) in [5.74, 6) is 4.05. The average molecular weight is 439 g/mol. The minimum absolute atomic E-state index is 0.431. The lowest BCUT2D eigenvalue weighted by atomic mass is 10.2. The normalized spacial score (nSPS) is 10.8. The summed E-state index contributed by atoms with van der Waals surface area (Å²) in [4.78, 5) is 9.00. The van der Waals surface area contributed by atoms with E-state index in [9.17, 15) is 0 Å². The standard InChI is InChI=1S/C21H21N5O4S/c1-4-29-16-8-6-5-7-14(16)20-22-18(30-26-20)12-31-21-23-19(24-25-21)15-10-9-13(27-2)11-17(15)28-3/h5-11H,4,12H2,1-3H3,(H,23,24,25). The highest BCUT2D eigenvalue weighted by atomic mass is 32.2. The highest BCUT2D eigenvalue weighted by Crippen LogP contribution is 2.33. The van der Waals surface area contributed by atoms with E-state index >= 15 is 0 Å². The summed E-state index contributed by atoms with van der Waals surface area (Å²) in [5, 5.41) is 11.8. The molecule has 0 saturated carbocycles. The number of thioether (sulfide) groups is 1. The Morgan fingerprint density at radius 1 is 1.00 bits per heavy atom. The molecule has 9 nitrogen and oxygen atoms in total. The lowest BCUT2D eigenvalue weighted by molar-refractivity contribution is 0.341. The van der Waals surface area contributed by atoms with Gasteiger partial charge in [0.15, 0.2) is 5.82 Å². The third-order valence-corrected chi connectivity index (χ3v) is 5.18. The fourth-order valence-corrected chi connectivity index (χ4v) is 3.54. The second kappa shape index (κ2) is 9.52. The first kappa shape index (κ1) is 20.7. The molecule has 160 valence electrons. The van der Waals surface area contributed by atoms with Gasteiger partial charge in [-0.3, -0.25) is 5.10 Å². The molecule has 0 spiro atoms. The number of para-hydroxylation sites is 1. The average Bonchev–Trinajstić information content (AvgIpc) is 3.47. The molecule has 1 N–H and O–H groups in total. The third kappa shape index (κ3) is 4.64. The molecule has 0 atom stereocenters. The van der Waals surface area contributed by atoms with Crippen LogP contribution < -0.4 is 14.2 Å². The Balaban J connectivity index is 1.46. The van der Waals surface area contributed by atoms with Gasteiger partial charge >= 0.3 is 0 Å². The Morgan fingerprint density at radius 2 is 1.87 bits per heavy atom. The number of H-pyrrole nitrogens is 1. The van der Waals surface area contributed by atoms with Gasteiger partial charge in [0.05, 0.1) is 37.7 Å². The molecule has 0 aliphatic rings. The zero-order valence-corrected chi connectivity index (χ0v) is 18.1. The monoisotopic (exact) mass is 439 g/mol. The molecule has 0 fully saturated rings.